The van der Waals surface area contributed by atoms with Crippen molar-refractivity contribution in [2.45, 2.75) is 96.4 Å². The van der Waals surface area contributed by atoms with Gasteiger partial charge in [-0.2, -0.15) is 0 Å². The monoisotopic (exact) mass is 661 g/mol. The molecule has 1 aromatic rings. The Morgan fingerprint density at radius 3 is 1.89 bits per heavy atom. The van der Waals surface area contributed by atoms with Gasteiger partial charge in [-0.3, -0.25) is 28.4 Å². The Balaban J connectivity index is 3.16. The summed E-state index contributed by atoms with van der Waals surface area (Å²) in [7, 11) is -4.31. The molecule has 0 saturated heterocycles. The van der Waals surface area contributed by atoms with E-state index < -0.39 is 67.5 Å². The largest absolute Gasteiger partial charge is 0.480 e. The predicted molar refractivity (Wildman–Crippen MR) is 162 cm³/mol. The first-order chi connectivity index (χ1) is 21.1. The van der Waals surface area contributed by atoms with Gasteiger partial charge in [-0.05, 0) is 58.5 Å². The number of aryl methyl sites for hydroxylation is 1. The molecule has 11 N–H and O–H groups in total. The van der Waals surface area contributed by atoms with E-state index in [1.807, 2.05) is 0 Å². The first-order valence-corrected chi connectivity index (χ1v) is 16.7. The van der Waals surface area contributed by atoms with E-state index in [2.05, 4.69) is 31.6 Å². The molecule has 1 rings (SSSR count). The summed E-state index contributed by atoms with van der Waals surface area (Å²) in [4.78, 5) is 81.8. The number of carbonyl (C=O) groups excluding carboxylic acids is 4. The molecule has 18 nitrogen and oxygen atoms in total. The average Bonchev–Trinajstić information content (AvgIpc) is 3.41. The van der Waals surface area contributed by atoms with E-state index in [9.17, 15) is 33.6 Å². The third kappa shape index (κ3) is 15.9. The highest BCUT2D eigenvalue weighted by Gasteiger charge is 2.31. The van der Waals surface area contributed by atoms with Crippen molar-refractivity contribution in [2.24, 2.45) is 17.4 Å². The molecule has 0 radical (unpaired) electrons. The maximum atomic E-state index is 13.4. The van der Waals surface area contributed by atoms with Crippen LogP contribution < -0.4 is 32.7 Å². The predicted octanol–water partition coefficient (Wildman–Crippen LogP) is -2.04. The molecule has 0 aliphatic rings. The minimum absolute atomic E-state index is 0.142. The van der Waals surface area contributed by atoms with Crippen molar-refractivity contribution in [1.82, 2.24) is 36.3 Å². The summed E-state index contributed by atoms with van der Waals surface area (Å²) in [5, 5.41) is 27.3. The van der Waals surface area contributed by atoms with Crippen LogP contribution in [0.2, 0.25) is 0 Å². The Labute approximate surface area is 262 Å². The zero-order valence-corrected chi connectivity index (χ0v) is 26.9. The molecule has 4 amide bonds. The Morgan fingerprint density at radius 2 is 1.36 bits per heavy atom. The van der Waals surface area contributed by atoms with Crippen molar-refractivity contribution in [3.8, 4) is 0 Å². The molecule has 0 unspecified atom stereocenters. The molecule has 19 heteroatoms. The minimum Gasteiger partial charge on any atom is -0.480 e. The number of hydrogen-bond acceptors (Lipinski definition) is 10. The van der Waals surface area contributed by atoms with Gasteiger partial charge in [0.25, 0.3) is 0 Å². The fraction of sp³-hybridized carbons (Fsp3) is 0.731. The summed E-state index contributed by atoms with van der Waals surface area (Å²) < 4.78 is 12.4. The van der Waals surface area contributed by atoms with E-state index in [1.54, 1.807) is 13.8 Å². The number of nitrogens with two attached hydrogens (primary N) is 2. The lowest BCUT2D eigenvalue weighted by atomic mass is 10.0. The summed E-state index contributed by atoms with van der Waals surface area (Å²) >= 11 is 0. The van der Waals surface area contributed by atoms with Crippen molar-refractivity contribution in [1.29, 1.82) is 0 Å². The first-order valence-electron chi connectivity index (χ1n) is 14.9. The fourth-order valence-corrected chi connectivity index (χ4v) is 4.46. The Kier molecular flexibility index (Phi) is 17.5. The van der Waals surface area contributed by atoms with Crippen LogP contribution in [0.25, 0.3) is 0 Å². The summed E-state index contributed by atoms with van der Waals surface area (Å²) in [6.07, 6.45) is 3.18. The number of carboxylic acids is 1. The summed E-state index contributed by atoms with van der Waals surface area (Å²) in [5.74, 6) is -4.27. The van der Waals surface area contributed by atoms with Crippen LogP contribution in [0.4, 0.5) is 0 Å². The number of aliphatic carboxylic acids is 1. The highest BCUT2D eigenvalue weighted by molar-refractivity contribution is 7.51. The smallest absolute Gasteiger partial charge is 0.327 e. The second kappa shape index (κ2) is 19.8. The maximum absolute atomic E-state index is 13.4. The van der Waals surface area contributed by atoms with Gasteiger partial charge in [-0.15, -0.1) is 5.10 Å². The molecule has 0 fully saturated rings. The molecule has 0 saturated carbocycles. The van der Waals surface area contributed by atoms with Crippen molar-refractivity contribution < 1.29 is 43.4 Å². The van der Waals surface area contributed by atoms with Crippen molar-refractivity contribution in [3.05, 3.63) is 11.9 Å². The number of hydrogen-bond donors (Lipinski definition) is 9. The van der Waals surface area contributed by atoms with E-state index in [1.165, 1.54) is 17.8 Å². The lowest BCUT2D eigenvalue weighted by molar-refractivity contribution is -0.142. The van der Waals surface area contributed by atoms with Gasteiger partial charge in [0, 0.05) is 18.5 Å². The Morgan fingerprint density at radius 1 is 0.822 bits per heavy atom. The quantitative estimate of drug-likeness (QED) is 0.0478. The number of unbranched alkanes of at least 4 members (excludes halogenated alkanes) is 2. The maximum Gasteiger partial charge on any atom is 0.327 e. The van der Waals surface area contributed by atoms with Crippen molar-refractivity contribution in [3.63, 3.8) is 0 Å². The van der Waals surface area contributed by atoms with Gasteiger partial charge in [0.2, 0.25) is 23.6 Å². The zero-order valence-electron chi connectivity index (χ0n) is 26.0. The van der Waals surface area contributed by atoms with Gasteiger partial charge in [-0.25, -0.2) is 4.79 Å². The summed E-state index contributed by atoms with van der Waals surface area (Å²) in [5.41, 5.74) is 11.2. The van der Waals surface area contributed by atoms with Gasteiger partial charge in [0.15, 0.2) is 0 Å². The minimum atomic E-state index is -4.31. The molecule has 1 aromatic heterocycles. The van der Waals surface area contributed by atoms with Crippen LogP contribution in [-0.2, 0) is 41.5 Å². The number of nitrogens with one attached hydrogen (secondary N) is 4. The number of carboxylic acid groups (broad SMARTS) is 1. The average molecular weight is 662 g/mol. The lowest BCUT2D eigenvalue weighted by Gasteiger charge is -2.25. The second-order valence-corrected chi connectivity index (χ2v) is 12.8. The highest BCUT2D eigenvalue weighted by Crippen LogP contribution is 2.33. The van der Waals surface area contributed by atoms with Crippen LogP contribution in [0.1, 0.15) is 65.0 Å². The fourth-order valence-electron chi connectivity index (χ4n) is 3.99. The molecule has 0 aromatic carbocycles. The molecule has 0 aliphatic carbocycles. The van der Waals surface area contributed by atoms with E-state index in [0.717, 1.165) is 0 Å². The van der Waals surface area contributed by atoms with E-state index in [4.69, 9.17) is 21.3 Å². The molecule has 4 atom stereocenters. The van der Waals surface area contributed by atoms with Crippen molar-refractivity contribution in [2.75, 3.05) is 19.3 Å². The molecule has 45 heavy (non-hydrogen) atoms. The van der Waals surface area contributed by atoms with Crippen LogP contribution in [0.5, 0.6) is 0 Å². The molecule has 1 heterocycles. The van der Waals surface area contributed by atoms with Gasteiger partial charge in [-0.1, -0.05) is 19.1 Å². The number of rotatable bonds is 22. The van der Waals surface area contributed by atoms with E-state index in [0.29, 0.717) is 38.8 Å². The molecule has 0 spiro atoms. The molecular formula is C26H48N9O9P. The third-order valence-corrected chi connectivity index (χ3v) is 7.45. The van der Waals surface area contributed by atoms with Crippen molar-refractivity contribution >= 4 is 37.2 Å². The normalized spacial score (nSPS) is 14.2. The number of amides is 4. The highest BCUT2D eigenvalue weighted by atomic mass is 31.2. The van der Waals surface area contributed by atoms with Gasteiger partial charge in [0.1, 0.15) is 24.2 Å². The van der Waals surface area contributed by atoms with E-state index in [-0.39, 0.29) is 37.4 Å². The molecule has 256 valence electrons. The summed E-state index contributed by atoms with van der Waals surface area (Å²) in [6.45, 7) is 5.27. The van der Waals surface area contributed by atoms with E-state index >= 15 is 0 Å². The number of aromatic nitrogens is 3. The Hall–Kier alpha value is -3.44. The van der Waals surface area contributed by atoms with Crippen LogP contribution in [-0.4, -0.2) is 103 Å². The SMILES string of the molecule is CC(C)C(=O)N[C@@H](CCCCN)C(=O)N[C@@H](Cc1cn(CCP(=O)(O)O)nn1)C(=O)N[C@@H](C)C(=O)N[C@@H](CCCCN)C(=O)O. The topological polar surface area (TPSA) is 294 Å². The zero-order chi connectivity index (χ0) is 34.2. The third-order valence-electron chi connectivity index (χ3n) is 6.67. The van der Waals surface area contributed by atoms with Gasteiger partial charge in [0.05, 0.1) is 18.4 Å². The first kappa shape index (κ1) is 39.6. The number of nitrogens with zero attached hydrogens (tertiary/aromatic N) is 3. The second-order valence-electron chi connectivity index (χ2n) is 11.0. The van der Waals surface area contributed by atoms with Gasteiger partial charge >= 0.3 is 13.6 Å². The Bertz CT molecular complexity index is 1170. The van der Waals surface area contributed by atoms with Crippen LogP contribution in [0.15, 0.2) is 6.20 Å². The number of carbonyl (C=O) groups is 5. The lowest BCUT2D eigenvalue weighted by Crippen LogP contribution is -2.57. The standard InChI is InChI=1S/C26H48N9O9P/c1-16(2)22(36)30-19(8-4-6-10-27)24(38)32-21(14-18-15-35(34-33-18)12-13-45(42,43)44)25(39)29-17(3)23(37)31-20(26(40)41)9-5-7-11-28/h15-17,19-21H,4-14,27-28H2,1-3H3,(H,29,39)(H,30,36)(H,31,37)(H,32,38)(H,40,41)(H2,42,43,44)/t17-,19-,20-,21-/m0/s1. The van der Waals surface area contributed by atoms with Crippen LogP contribution >= 0.6 is 7.60 Å². The van der Waals surface area contributed by atoms with Gasteiger partial charge < -0.3 is 47.6 Å². The molecule has 0 bridgehead atoms. The molecular weight excluding hydrogens is 613 g/mol. The molecule has 0 aliphatic heterocycles. The van der Waals surface area contributed by atoms with Crippen LogP contribution in [0, 0.1) is 5.92 Å². The van der Waals surface area contributed by atoms with Crippen LogP contribution in [0.3, 0.4) is 0 Å². The summed E-state index contributed by atoms with van der Waals surface area (Å²) in [6, 6.07) is -4.71.